The Morgan fingerprint density at radius 1 is 0.935 bits per heavy atom. The molecule has 0 saturated carbocycles. The predicted molar refractivity (Wildman–Crippen MR) is 127 cm³/mol. The van der Waals surface area contributed by atoms with Crippen molar-refractivity contribution < 1.29 is 13.9 Å². The summed E-state index contributed by atoms with van der Waals surface area (Å²) in [6, 6.07) is 21.3. The van der Waals surface area contributed by atoms with Crippen molar-refractivity contribution in [2.45, 2.75) is 45.9 Å². The van der Waals surface area contributed by atoms with Gasteiger partial charge in [0.05, 0.1) is 11.1 Å². The van der Waals surface area contributed by atoms with Crippen molar-refractivity contribution in [2.24, 2.45) is 0 Å². The summed E-state index contributed by atoms with van der Waals surface area (Å²) in [5, 5.41) is 3.60. The van der Waals surface area contributed by atoms with Gasteiger partial charge in [0.1, 0.15) is 12.4 Å². The number of aryl methyl sites for hydroxylation is 1. The first kappa shape index (κ1) is 23.3. The molecule has 1 N–H and O–H groups in total. The quantitative estimate of drug-likeness (QED) is 0.328. The lowest BCUT2D eigenvalue weighted by atomic mass is 10.1. The van der Waals surface area contributed by atoms with E-state index in [-0.39, 0.29) is 5.82 Å². The number of benzene rings is 3. The van der Waals surface area contributed by atoms with Crippen LogP contribution < -0.4 is 14.8 Å². The van der Waals surface area contributed by atoms with Gasteiger partial charge in [0, 0.05) is 12.6 Å². The molecule has 0 aliphatic heterocycles. The maximum atomic E-state index is 13.1. The lowest BCUT2D eigenvalue weighted by Crippen LogP contribution is -2.26. The van der Waals surface area contributed by atoms with Gasteiger partial charge in [-0.2, -0.15) is 0 Å². The molecule has 3 rings (SSSR count). The molecule has 31 heavy (non-hydrogen) atoms. The topological polar surface area (TPSA) is 30.5 Å². The van der Waals surface area contributed by atoms with Crippen LogP contribution in [0.3, 0.4) is 0 Å². The van der Waals surface area contributed by atoms with E-state index in [0.29, 0.717) is 30.8 Å². The number of ether oxygens (including phenoxy) is 2. The van der Waals surface area contributed by atoms with Gasteiger partial charge in [-0.25, -0.2) is 4.39 Å². The normalized spacial score (nSPS) is 11.9. The highest BCUT2D eigenvalue weighted by Crippen LogP contribution is 2.37. The van der Waals surface area contributed by atoms with Gasteiger partial charge in [0.25, 0.3) is 0 Å². The fourth-order valence-corrected chi connectivity index (χ4v) is 3.89. The molecule has 5 heteroatoms. The number of rotatable bonds is 11. The molecule has 3 aromatic rings. The molecular weight excluding hydrogens is 457 g/mol. The van der Waals surface area contributed by atoms with E-state index in [1.54, 1.807) is 12.1 Å². The van der Waals surface area contributed by atoms with Crippen LogP contribution in [0.2, 0.25) is 0 Å². The number of halogens is 2. The molecule has 0 aliphatic carbocycles. The van der Waals surface area contributed by atoms with Crippen LogP contribution in [0, 0.1) is 5.82 Å². The zero-order chi connectivity index (χ0) is 22.1. The summed E-state index contributed by atoms with van der Waals surface area (Å²) in [4.78, 5) is 0. The summed E-state index contributed by atoms with van der Waals surface area (Å²) in [7, 11) is 0. The first-order valence-corrected chi connectivity index (χ1v) is 11.4. The highest BCUT2D eigenvalue weighted by Gasteiger charge is 2.13. The van der Waals surface area contributed by atoms with E-state index in [1.807, 2.05) is 19.1 Å². The van der Waals surface area contributed by atoms with Crippen molar-refractivity contribution in [3.8, 4) is 11.5 Å². The molecule has 164 valence electrons. The van der Waals surface area contributed by atoms with Gasteiger partial charge in [-0.05, 0) is 83.6 Å². The Balaban J connectivity index is 1.60. The Labute approximate surface area is 192 Å². The standard InChI is InChI=1S/C26H29BrFNO2/c1-3-30-25-16-22(17-29-19(2)9-10-20-7-5-4-6-8-20)15-24(27)26(25)31-18-21-11-13-23(28)14-12-21/h4-8,11-16,19,29H,3,9-10,17-18H2,1-2H3/t19-/m1/s1. The van der Waals surface area contributed by atoms with Crippen LogP contribution in [-0.2, 0) is 19.6 Å². The molecule has 0 amide bonds. The summed E-state index contributed by atoms with van der Waals surface area (Å²) < 4.78 is 25.8. The minimum atomic E-state index is -0.255. The Hall–Kier alpha value is -2.37. The van der Waals surface area contributed by atoms with E-state index < -0.39 is 0 Å². The number of nitrogens with one attached hydrogen (secondary N) is 1. The third kappa shape index (κ3) is 7.37. The zero-order valence-corrected chi connectivity index (χ0v) is 19.6. The molecule has 0 unspecified atom stereocenters. The second-order valence-corrected chi connectivity index (χ2v) is 8.41. The molecule has 0 spiro atoms. The first-order chi connectivity index (χ1) is 15.0. The highest BCUT2D eigenvalue weighted by atomic mass is 79.9. The fourth-order valence-electron chi connectivity index (χ4n) is 3.28. The van der Waals surface area contributed by atoms with Gasteiger partial charge in [0.2, 0.25) is 0 Å². The average molecular weight is 486 g/mol. The largest absolute Gasteiger partial charge is 0.490 e. The monoisotopic (exact) mass is 485 g/mol. The van der Waals surface area contributed by atoms with Gasteiger partial charge >= 0.3 is 0 Å². The maximum absolute atomic E-state index is 13.1. The van der Waals surface area contributed by atoms with E-state index in [2.05, 4.69) is 58.5 Å². The summed E-state index contributed by atoms with van der Waals surface area (Å²) in [6.07, 6.45) is 2.13. The van der Waals surface area contributed by atoms with Crippen LogP contribution in [0.25, 0.3) is 0 Å². The first-order valence-electron chi connectivity index (χ1n) is 10.6. The van der Waals surface area contributed by atoms with Crippen molar-refractivity contribution in [3.63, 3.8) is 0 Å². The number of hydrogen-bond acceptors (Lipinski definition) is 3. The minimum absolute atomic E-state index is 0.255. The van der Waals surface area contributed by atoms with Gasteiger partial charge in [0.15, 0.2) is 11.5 Å². The van der Waals surface area contributed by atoms with E-state index in [4.69, 9.17) is 9.47 Å². The Kier molecular flexibility index (Phi) is 8.92. The Bertz CT molecular complexity index is 948. The van der Waals surface area contributed by atoms with Gasteiger partial charge < -0.3 is 14.8 Å². The van der Waals surface area contributed by atoms with Crippen LogP contribution in [0.1, 0.15) is 37.0 Å². The third-order valence-electron chi connectivity index (χ3n) is 5.03. The molecule has 0 radical (unpaired) electrons. The summed E-state index contributed by atoms with van der Waals surface area (Å²) in [6.45, 7) is 5.79. The van der Waals surface area contributed by atoms with Crippen molar-refractivity contribution in [1.82, 2.24) is 5.32 Å². The molecule has 0 saturated heterocycles. The fraction of sp³-hybridized carbons (Fsp3) is 0.308. The second-order valence-electron chi connectivity index (χ2n) is 7.56. The van der Waals surface area contributed by atoms with Crippen LogP contribution in [-0.4, -0.2) is 12.6 Å². The van der Waals surface area contributed by atoms with Crippen LogP contribution >= 0.6 is 15.9 Å². The molecule has 0 aliphatic rings. The Morgan fingerprint density at radius 2 is 1.68 bits per heavy atom. The third-order valence-corrected chi connectivity index (χ3v) is 5.62. The van der Waals surface area contributed by atoms with Gasteiger partial charge in [-0.1, -0.05) is 42.5 Å². The van der Waals surface area contributed by atoms with Crippen molar-refractivity contribution >= 4 is 15.9 Å². The van der Waals surface area contributed by atoms with Crippen molar-refractivity contribution in [3.05, 3.63) is 93.7 Å². The van der Waals surface area contributed by atoms with Crippen molar-refractivity contribution in [1.29, 1.82) is 0 Å². The molecule has 3 nitrogen and oxygen atoms in total. The lowest BCUT2D eigenvalue weighted by Gasteiger charge is -2.18. The molecular formula is C26H29BrFNO2. The minimum Gasteiger partial charge on any atom is -0.490 e. The highest BCUT2D eigenvalue weighted by molar-refractivity contribution is 9.10. The SMILES string of the molecule is CCOc1cc(CN[C@H](C)CCc2ccccc2)cc(Br)c1OCc1ccc(F)cc1. The molecule has 1 atom stereocenters. The van der Waals surface area contributed by atoms with E-state index in [1.165, 1.54) is 17.7 Å². The van der Waals surface area contributed by atoms with Gasteiger partial charge in [-0.15, -0.1) is 0 Å². The second kappa shape index (κ2) is 11.9. The van der Waals surface area contributed by atoms with Gasteiger partial charge in [-0.3, -0.25) is 0 Å². The average Bonchev–Trinajstić information content (AvgIpc) is 2.78. The number of hydrogen-bond donors (Lipinski definition) is 1. The maximum Gasteiger partial charge on any atom is 0.175 e. The van der Waals surface area contributed by atoms with Crippen LogP contribution in [0.15, 0.2) is 71.2 Å². The Morgan fingerprint density at radius 3 is 2.39 bits per heavy atom. The summed E-state index contributed by atoms with van der Waals surface area (Å²) in [5.41, 5.74) is 3.38. The molecule has 3 aromatic carbocycles. The van der Waals surface area contributed by atoms with E-state index in [9.17, 15) is 4.39 Å². The predicted octanol–water partition coefficient (Wildman–Crippen LogP) is 6.68. The van der Waals surface area contributed by atoms with E-state index in [0.717, 1.165) is 35.0 Å². The molecule has 0 aromatic heterocycles. The lowest BCUT2D eigenvalue weighted by molar-refractivity contribution is 0.267. The summed E-state index contributed by atoms with van der Waals surface area (Å²) >= 11 is 3.63. The van der Waals surface area contributed by atoms with Crippen LogP contribution in [0.4, 0.5) is 4.39 Å². The molecule has 0 bridgehead atoms. The zero-order valence-electron chi connectivity index (χ0n) is 18.0. The van der Waals surface area contributed by atoms with Crippen LogP contribution in [0.5, 0.6) is 11.5 Å². The van der Waals surface area contributed by atoms with E-state index >= 15 is 0 Å². The summed E-state index contributed by atoms with van der Waals surface area (Å²) in [5.74, 6) is 1.11. The molecule has 0 fully saturated rings. The molecule has 0 heterocycles. The van der Waals surface area contributed by atoms with Crippen molar-refractivity contribution in [2.75, 3.05) is 6.61 Å². The smallest absolute Gasteiger partial charge is 0.175 e.